The molecule has 0 unspecified atom stereocenters. The van der Waals surface area contributed by atoms with Crippen molar-refractivity contribution >= 4 is 11.7 Å². The van der Waals surface area contributed by atoms with Crippen molar-refractivity contribution in [3.63, 3.8) is 0 Å². The van der Waals surface area contributed by atoms with Crippen molar-refractivity contribution in [2.24, 2.45) is 5.41 Å². The number of nitro benzene ring substituents is 1. The average Bonchev–Trinajstić information content (AvgIpc) is 2.87. The van der Waals surface area contributed by atoms with E-state index in [0.29, 0.717) is 0 Å². The first-order valence-electron chi connectivity index (χ1n) is 8.02. The number of aryl methyl sites for hydroxylation is 1. The quantitative estimate of drug-likeness (QED) is 0.355. The van der Waals surface area contributed by atoms with Crippen LogP contribution in [0.3, 0.4) is 0 Å². The molecule has 128 valence electrons. The van der Waals surface area contributed by atoms with E-state index in [9.17, 15) is 14.9 Å². The minimum atomic E-state index is -0.500. The van der Waals surface area contributed by atoms with E-state index in [-0.39, 0.29) is 16.7 Å². The third-order valence-electron chi connectivity index (χ3n) is 4.76. The van der Waals surface area contributed by atoms with Crippen molar-refractivity contribution in [3.8, 4) is 0 Å². The smallest absolute Gasteiger partial charge is 0.338 e. The van der Waals surface area contributed by atoms with Crippen LogP contribution in [-0.4, -0.2) is 10.9 Å². The zero-order valence-corrected chi connectivity index (χ0v) is 14.2. The standard InChI is InChI=1S/C20H19NO4/c1-4-20(3)12-15-6-5-13(2)11-17(15)18(20)25-19(22)14-7-9-16(10-8-14)21(23)24/h4-11,18H,1,12H2,2-3H3/t18-,20-/m0/s1. The molecular weight excluding hydrogens is 318 g/mol. The number of ether oxygens (including phenoxy) is 1. The fourth-order valence-electron chi connectivity index (χ4n) is 3.25. The molecular formula is C20H19NO4. The van der Waals surface area contributed by atoms with Gasteiger partial charge in [0.2, 0.25) is 0 Å². The number of carbonyl (C=O) groups is 1. The van der Waals surface area contributed by atoms with Crippen LogP contribution in [0.1, 0.15) is 40.1 Å². The second-order valence-electron chi connectivity index (χ2n) is 6.68. The molecule has 0 N–H and O–H groups in total. The van der Waals surface area contributed by atoms with Gasteiger partial charge in [0, 0.05) is 17.5 Å². The van der Waals surface area contributed by atoms with Gasteiger partial charge in [-0.15, -0.1) is 6.58 Å². The van der Waals surface area contributed by atoms with E-state index >= 15 is 0 Å². The first kappa shape index (κ1) is 16.9. The Hall–Kier alpha value is -2.95. The van der Waals surface area contributed by atoms with Gasteiger partial charge in [-0.05, 0) is 36.6 Å². The van der Waals surface area contributed by atoms with Crippen LogP contribution in [0.4, 0.5) is 5.69 Å². The lowest BCUT2D eigenvalue weighted by molar-refractivity contribution is -0.384. The second kappa shape index (κ2) is 6.16. The van der Waals surface area contributed by atoms with Crippen LogP contribution in [0.15, 0.2) is 55.1 Å². The molecule has 0 spiro atoms. The number of esters is 1. The monoisotopic (exact) mass is 337 g/mol. The van der Waals surface area contributed by atoms with Gasteiger partial charge in [-0.3, -0.25) is 10.1 Å². The molecule has 5 nitrogen and oxygen atoms in total. The predicted molar refractivity (Wildman–Crippen MR) is 94.4 cm³/mol. The maximum absolute atomic E-state index is 12.6. The summed E-state index contributed by atoms with van der Waals surface area (Å²) < 4.78 is 5.81. The van der Waals surface area contributed by atoms with E-state index in [1.165, 1.54) is 24.3 Å². The third-order valence-corrected chi connectivity index (χ3v) is 4.76. The second-order valence-corrected chi connectivity index (χ2v) is 6.68. The van der Waals surface area contributed by atoms with Crippen molar-refractivity contribution in [1.82, 2.24) is 0 Å². The molecule has 0 radical (unpaired) electrons. The summed E-state index contributed by atoms with van der Waals surface area (Å²) in [5.41, 5.74) is 3.09. The van der Waals surface area contributed by atoms with Crippen LogP contribution >= 0.6 is 0 Å². The molecule has 0 aliphatic heterocycles. The van der Waals surface area contributed by atoms with Gasteiger partial charge in [-0.2, -0.15) is 0 Å². The third kappa shape index (κ3) is 3.05. The van der Waals surface area contributed by atoms with E-state index < -0.39 is 17.0 Å². The largest absolute Gasteiger partial charge is 0.453 e. The van der Waals surface area contributed by atoms with Gasteiger partial charge in [-0.25, -0.2) is 4.79 Å². The highest BCUT2D eigenvalue weighted by atomic mass is 16.6. The molecule has 1 aliphatic rings. The topological polar surface area (TPSA) is 69.4 Å². The van der Waals surface area contributed by atoms with Crippen molar-refractivity contribution in [1.29, 1.82) is 0 Å². The number of nitrogens with zero attached hydrogens (tertiary/aromatic N) is 1. The first-order chi connectivity index (χ1) is 11.8. The molecule has 2 aromatic rings. The van der Waals surface area contributed by atoms with E-state index in [4.69, 9.17) is 4.74 Å². The molecule has 3 rings (SSSR count). The summed E-state index contributed by atoms with van der Waals surface area (Å²) >= 11 is 0. The molecule has 0 heterocycles. The van der Waals surface area contributed by atoms with Crippen molar-refractivity contribution in [2.45, 2.75) is 26.4 Å². The zero-order valence-electron chi connectivity index (χ0n) is 14.2. The van der Waals surface area contributed by atoms with Crippen molar-refractivity contribution < 1.29 is 14.5 Å². The Morgan fingerprint density at radius 3 is 2.60 bits per heavy atom. The van der Waals surface area contributed by atoms with E-state index in [0.717, 1.165) is 23.1 Å². The number of hydrogen-bond donors (Lipinski definition) is 0. The molecule has 2 aromatic carbocycles. The summed E-state index contributed by atoms with van der Waals surface area (Å²) in [6, 6.07) is 11.6. The number of fused-ring (bicyclic) bond motifs is 1. The Morgan fingerprint density at radius 1 is 1.32 bits per heavy atom. The predicted octanol–water partition coefficient (Wildman–Crippen LogP) is 4.55. The summed E-state index contributed by atoms with van der Waals surface area (Å²) in [6.45, 7) is 7.93. The van der Waals surface area contributed by atoms with Crippen LogP contribution in [0.2, 0.25) is 0 Å². The maximum Gasteiger partial charge on any atom is 0.338 e. The van der Waals surface area contributed by atoms with E-state index in [2.05, 4.69) is 12.6 Å². The van der Waals surface area contributed by atoms with Crippen molar-refractivity contribution in [3.05, 3.63) is 87.5 Å². The van der Waals surface area contributed by atoms with E-state index in [1.807, 2.05) is 32.1 Å². The SMILES string of the molecule is C=C[C@@]1(C)Cc2ccc(C)cc2[C@@H]1OC(=O)c1ccc([N+](=O)[O-])cc1. The normalized spacial score (nSPS) is 21.4. The molecule has 2 atom stereocenters. The zero-order chi connectivity index (χ0) is 18.2. The Bertz CT molecular complexity index is 856. The number of rotatable bonds is 4. The Labute approximate surface area is 146 Å². The van der Waals surface area contributed by atoms with Gasteiger partial charge in [0.1, 0.15) is 6.10 Å². The minimum Gasteiger partial charge on any atom is -0.453 e. The Balaban J connectivity index is 1.90. The number of benzene rings is 2. The number of non-ortho nitro benzene ring substituents is 1. The molecule has 0 saturated carbocycles. The maximum atomic E-state index is 12.6. The lowest BCUT2D eigenvalue weighted by Crippen LogP contribution is -2.24. The summed E-state index contributed by atoms with van der Waals surface area (Å²) in [7, 11) is 0. The highest BCUT2D eigenvalue weighted by molar-refractivity contribution is 5.90. The minimum absolute atomic E-state index is 0.0608. The molecule has 1 aliphatic carbocycles. The average molecular weight is 337 g/mol. The first-order valence-corrected chi connectivity index (χ1v) is 8.02. The molecule has 0 saturated heterocycles. The summed E-state index contributed by atoms with van der Waals surface area (Å²) in [5.74, 6) is -0.498. The van der Waals surface area contributed by atoms with Gasteiger partial charge in [0.25, 0.3) is 5.69 Å². The molecule has 0 bridgehead atoms. The van der Waals surface area contributed by atoms with Gasteiger partial charge in [-0.1, -0.05) is 36.8 Å². The summed E-state index contributed by atoms with van der Waals surface area (Å²) in [6.07, 6.45) is 2.16. The van der Waals surface area contributed by atoms with Gasteiger partial charge >= 0.3 is 5.97 Å². The van der Waals surface area contributed by atoms with Gasteiger partial charge in [0.05, 0.1) is 10.5 Å². The lowest BCUT2D eigenvalue weighted by atomic mass is 9.85. The Morgan fingerprint density at radius 2 is 2.00 bits per heavy atom. The van der Waals surface area contributed by atoms with Crippen LogP contribution in [0.25, 0.3) is 0 Å². The number of nitro groups is 1. The molecule has 0 fully saturated rings. The summed E-state index contributed by atoms with van der Waals surface area (Å²) in [5, 5.41) is 10.7. The van der Waals surface area contributed by atoms with Gasteiger partial charge in [0.15, 0.2) is 0 Å². The fourth-order valence-corrected chi connectivity index (χ4v) is 3.25. The van der Waals surface area contributed by atoms with Gasteiger partial charge < -0.3 is 4.74 Å². The lowest BCUT2D eigenvalue weighted by Gasteiger charge is -2.28. The molecule has 0 amide bonds. The Kier molecular flexibility index (Phi) is 4.17. The highest BCUT2D eigenvalue weighted by Gasteiger charge is 2.43. The summed E-state index contributed by atoms with van der Waals surface area (Å²) in [4.78, 5) is 22.8. The molecule has 0 aromatic heterocycles. The van der Waals surface area contributed by atoms with Crippen LogP contribution in [0, 0.1) is 22.5 Å². The fraction of sp³-hybridized carbons (Fsp3) is 0.250. The van der Waals surface area contributed by atoms with Crippen molar-refractivity contribution in [2.75, 3.05) is 0 Å². The van der Waals surface area contributed by atoms with E-state index in [1.54, 1.807) is 0 Å². The molecule has 5 heteroatoms. The van der Waals surface area contributed by atoms with Crippen LogP contribution in [-0.2, 0) is 11.2 Å². The molecule has 25 heavy (non-hydrogen) atoms. The van der Waals surface area contributed by atoms with Crippen LogP contribution in [0.5, 0.6) is 0 Å². The number of carbonyl (C=O) groups excluding carboxylic acids is 1. The van der Waals surface area contributed by atoms with Crippen LogP contribution < -0.4 is 0 Å². The number of hydrogen-bond acceptors (Lipinski definition) is 4. The highest BCUT2D eigenvalue weighted by Crippen LogP contribution is 2.49.